The number of hydrogen-bond acceptors (Lipinski definition) is 5. The minimum Gasteiger partial charge on any atom is -0.469 e. The molecule has 0 saturated heterocycles. The summed E-state index contributed by atoms with van der Waals surface area (Å²) in [7, 11) is 1.25. The van der Waals surface area contributed by atoms with E-state index >= 15 is 0 Å². The van der Waals surface area contributed by atoms with Gasteiger partial charge in [0.2, 0.25) is 11.8 Å². The number of ketones is 1. The molecule has 3 N–H and O–H groups in total. The summed E-state index contributed by atoms with van der Waals surface area (Å²) < 4.78 is 4.47. The van der Waals surface area contributed by atoms with Gasteiger partial charge >= 0.3 is 5.97 Å². The van der Waals surface area contributed by atoms with Crippen molar-refractivity contribution in [2.24, 2.45) is 0 Å². The molecule has 0 spiro atoms. The van der Waals surface area contributed by atoms with Gasteiger partial charge in [0, 0.05) is 36.9 Å². The molecule has 8 heteroatoms. The first-order chi connectivity index (χ1) is 12.9. The molecule has 0 unspecified atom stereocenters. The van der Waals surface area contributed by atoms with Gasteiger partial charge in [-0.2, -0.15) is 0 Å². The van der Waals surface area contributed by atoms with Crippen LogP contribution in [0.1, 0.15) is 25.3 Å². The average Bonchev–Trinajstić information content (AvgIpc) is 3.06. The number of hydrogen-bond donors (Lipinski definition) is 3. The number of carbonyl (C=O) groups excluding carboxylic acids is 4. The van der Waals surface area contributed by atoms with Crippen LogP contribution in [0.15, 0.2) is 30.5 Å². The number of amides is 2. The van der Waals surface area contributed by atoms with E-state index < -0.39 is 17.9 Å². The summed E-state index contributed by atoms with van der Waals surface area (Å²) in [5, 5.41) is 6.11. The molecule has 0 radical (unpaired) electrons. The molecule has 1 heterocycles. The topological polar surface area (TPSA) is 117 Å². The fourth-order valence-corrected chi connectivity index (χ4v) is 2.72. The van der Waals surface area contributed by atoms with Gasteiger partial charge in [-0.1, -0.05) is 18.2 Å². The van der Waals surface area contributed by atoms with Crippen LogP contribution in [0, 0.1) is 0 Å². The molecule has 0 fully saturated rings. The van der Waals surface area contributed by atoms with Crippen molar-refractivity contribution in [2.45, 2.75) is 32.2 Å². The fourth-order valence-electron chi connectivity index (χ4n) is 2.72. The van der Waals surface area contributed by atoms with E-state index in [-0.39, 0.29) is 37.5 Å². The Balaban J connectivity index is 1.98. The highest BCUT2D eigenvalue weighted by Gasteiger charge is 2.22. The molecular formula is C19H23N3O5. The monoisotopic (exact) mass is 373 g/mol. The Bertz CT molecular complexity index is 843. The molecule has 1 atom stereocenters. The van der Waals surface area contributed by atoms with Gasteiger partial charge in [-0.3, -0.25) is 19.2 Å². The summed E-state index contributed by atoms with van der Waals surface area (Å²) >= 11 is 0. The van der Waals surface area contributed by atoms with Crippen molar-refractivity contribution in [1.29, 1.82) is 0 Å². The lowest BCUT2D eigenvalue weighted by Crippen LogP contribution is -2.48. The molecule has 27 heavy (non-hydrogen) atoms. The van der Waals surface area contributed by atoms with Crippen molar-refractivity contribution >= 4 is 34.5 Å². The van der Waals surface area contributed by atoms with Crippen molar-refractivity contribution < 1.29 is 23.9 Å². The number of para-hydroxylation sites is 1. The van der Waals surface area contributed by atoms with Crippen LogP contribution in [0.2, 0.25) is 0 Å². The highest BCUT2D eigenvalue weighted by molar-refractivity contribution is 5.92. The third-order valence-corrected chi connectivity index (χ3v) is 4.09. The molecule has 0 saturated carbocycles. The predicted molar refractivity (Wildman–Crippen MR) is 98.9 cm³/mol. The number of methoxy groups -OCH3 is 1. The first-order valence-corrected chi connectivity index (χ1v) is 8.59. The van der Waals surface area contributed by atoms with E-state index in [1.807, 2.05) is 24.3 Å². The van der Waals surface area contributed by atoms with E-state index in [4.69, 9.17) is 0 Å². The molecule has 0 bridgehead atoms. The first-order valence-electron chi connectivity index (χ1n) is 8.59. The smallest absolute Gasteiger partial charge is 0.305 e. The van der Waals surface area contributed by atoms with Gasteiger partial charge in [0.1, 0.15) is 6.04 Å². The number of ether oxygens (including phenoxy) is 1. The number of fused-ring (bicyclic) bond motifs is 1. The van der Waals surface area contributed by atoms with Crippen molar-refractivity contribution in [3.05, 3.63) is 36.0 Å². The Morgan fingerprint density at radius 3 is 2.59 bits per heavy atom. The number of nitrogens with one attached hydrogen (secondary N) is 3. The van der Waals surface area contributed by atoms with Crippen LogP contribution in [0.4, 0.5) is 0 Å². The van der Waals surface area contributed by atoms with Crippen LogP contribution in [0.25, 0.3) is 10.9 Å². The predicted octanol–water partition coefficient (Wildman–Crippen LogP) is 0.854. The average molecular weight is 373 g/mol. The van der Waals surface area contributed by atoms with Gasteiger partial charge in [-0.25, -0.2) is 0 Å². The van der Waals surface area contributed by atoms with Crippen molar-refractivity contribution in [2.75, 3.05) is 13.7 Å². The number of H-pyrrole nitrogens is 1. The molecule has 144 valence electrons. The molecule has 0 aliphatic carbocycles. The fraction of sp³-hybridized carbons (Fsp3) is 0.368. The largest absolute Gasteiger partial charge is 0.469 e. The number of benzene rings is 1. The quantitative estimate of drug-likeness (QED) is 0.564. The summed E-state index contributed by atoms with van der Waals surface area (Å²) in [6.07, 6.45) is 2.04. The second-order valence-electron chi connectivity index (χ2n) is 6.15. The molecule has 1 aromatic heterocycles. The van der Waals surface area contributed by atoms with E-state index in [0.29, 0.717) is 0 Å². The van der Waals surface area contributed by atoms with Gasteiger partial charge in [-0.15, -0.1) is 0 Å². The Kier molecular flexibility index (Phi) is 7.10. The molecule has 2 amide bonds. The van der Waals surface area contributed by atoms with E-state index in [1.165, 1.54) is 14.0 Å². The van der Waals surface area contributed by atoms with E-state index in [2.05, 4.69) is 20.4 Å². The van der Waals surface area contributed by atoms with E-state index in [0.717, 1.165) is 16.5 Å². The van der Waals surface area contributed by atoms with Crippen LogP contribution in [-0.4, -0.2) is 48.2 Å². The number of Topliss-reactive ketones (excluding diaryl/α,β-unsaturated/α-hetero) is 1. The van der Waals surface area contributed by atoms with Crippen LogP contribution in [0.5, 0.6) is 0 Å². The maximum Gasteiger partial charge on any atom is 0.305 e. The van der Waals surface area contributed by atoms with Gasteiger partial charge < -0.3 is 20.4 Å². The van der Waals surface area contributed by atoms with Crippen LogP contribution >= 0.6 is 0 Å². The summed E-state index contributed by atoms with van der Waals surface area (Å²) in [5.41, 5.74) is 1.82. The number of esters is 1. The third-order valence-electron chi connectivity index (χ3n) is 4.09. The lowest BCUT2D eigenvalue weighted by atomic mass is 10.0. The minimum atomic E-state index is -0.810. The zero-order valence-corrected chi connectivity index (χ0v) is 15.3. The Hall–Kier alpha value is -3.16. The minimum absolute atomic E-state index is 0.0137. The van der Waals surface area contributed by atoms with Gasteiger partial charge in [0.25, 0.3) is 0 Å². The number of carbonyl (C=O) groups is 4. The number of rotatable bonds is 9. The molecule has 0 aliphatic heterocycles. The second kappa shape index (κ2) is 9.51. The highest BCUT2D eigenvalue weighted by atomic mass is 16.5. The summed E-state index contributed by atoms with van der Waals surface area (Å²) in [5.74, 6) is -1.57. The van der Waals surface area contributed by atoms with Gasteiger partial charge in [0.05, 0.1) is 20.1 Å². The lowest BCUT2D eigenvalue weighted by molar-refractivity contribution is -0.141. The molecule has 2 aromatic rings. The third kappa shape index (κ3) is 5.95. The lowest BCUT2D eigenvalue weighted by Gasteiger charge is -2.17. The maximum absolute atomic E-state index is 12.5. The van der Waals surface area contributed by atoms with Crippen LogP contribution in [-0.2, 0) is 30.3 Å². The summed E-state index contributed by atoms with van der Waals surface area (Å²) in [6.45, 7) is 1.12. The zero-order valence-electron chi connectivity index (χ0n) is 15.3. The van der Waals surface area contributed by atoms with Crippen LogP contribution in [0.3, 0.4) is 0 Å². The van der Waals surface area contributed by atoms with Crippen molar-refractivity contribution in [3.63, 3.8) is 0 Å². The molecule has 0 aliphatic rings. The maximum atomic E-state index is 12.5. The summed E-state index contributed by atoms with van der Waals surface area (Å²) in [4.78, 5) is 49.9. The zero-order chi connectivity index (χ0) is 19.8. The second-order valence-corrected chi connectivity index (χ2v) is 6.15. The van der Waals surface area contributed by atoms with Crippen molar-refractivity contribution in [1.82, 2.24) is 15.6 Å². The van der Waals surface area contributed by atoms with E-state index in [9.17, 15) is 19.2 Å². The van der Waals surface area contributed by atoms with Crippen molar-refractivity contribution in [3.8, 4) is 0 Å². The Morgan fingerprint density at radius 1 is 1.15 bits per heavy atom. The van der Waals surface area contributed by atoms with Gasteiger partial charge in [0.15, 0.2) is 5.78 Å². The molecular weight excluding hydrogens is 350 g/mol. The Labute approximate surface area is 156 Å². The standard InChI is InChI=1S/C19H23N3O5/c1-12(23)22-17(9-13-10-20-16-6-4-3-5-15(13)16)19(26)21-11-14(24)7-8-18(25)27-2/h3-6,10,17,20H,7-9,11H2,1-2H3,(H,21,26)(H,22,23)/t17-/m0/s1. The first kappa shape index (κ1) is 20.2. The summed E-state index contributed by atoms with van der Waals surface area (Å²) in [6, 6.07) is 6.84. The molecule has 1 aromatic carbocycles. The van der Waals surface area contributed by atoms with E-state index in [1.54, 1.807) is 6.20 Å². The Morgan fingerprint density at radius 2 is 1.89 bits per heavy atom. The van der Waals surface area contributed by atoms with Gasteiger partial charge in [-0.05, 0) is 11.6 Å². The molecule has 2 rings (SSSR count). The highest BCUT2D eigenvalue weighted by Crippen LogP contribution is 2.19. The normalized spacial score (nSPS) is 11.6. The number of aromatic nitrogens is 1. The molecule has 8 nitrogen and oxygen atoms in total. The number of aromatic amines is 1. The SMILES string of the molecule is COC(=O)CCC(=O)CNC(=O)[C@H](Cc1c[nH]c2ccccc12)NC(C)=O. The van der Waals surface area contributed by atoms with Crippen LogP contribution < -0.4 is 10.6 Å².